The summed E-state index contributed by atoms with van der Waals surface area (Å²) in [4.78, 5) is 4.26. The third-order valence-corrected chi connectivity index (χ3v) is 4.60. The molecular weight excluding hydrogens is 322 g/mol. The molecule has 0 amide bonds. The number of likely N-dealkylation sites (N-methyl/N-ethyl adjacent to an activating group) is 1. The lowest BCUT2D eigenvalue weighted by Crippen LogP contribution is -2.41. The summed E-state index contributed by atoms with van der Waals surface area (Å²) in [7, 11) is 1.43. The molecule has 0 saturated carbocycles. The zero-order valence-corrected chi connectivity index (χ0v) is 15.0. The van der Waals surface area contributed by atoms with Crippen LogP contribution < -0.4 is 5.32 Å². The molecular formula is C15H21BCl2N2O2. The maximum absolute atomic E-state index is 6.20. The Bertz CT molecular complexity index is 575. The van der Waals surface area contributed by atoms with E-state index in [0.29, 0.717) is 22.3 Å². The van der Waals surface area contributed by atoms with E-state index in [1.807, 2.05) is 40.8 Å². The van der Waals surface area contributed by atoms with Gasteiger partial charge in [-0.25, -0.2) is 0 Å². The van der Waals surface area contributed by atoms with Crippen LogP contribution in [0.5, 0.6) is 0 Å². The van der Waals surface area contributed by atoms with Crippen molar-refractivity contribution in [2.75, 3.05) is 13.6 Å². The summed E-state index contributed by atoms with van der Waals surface area (Å²) in [5.41, 5.74) is 0.799. The zero-order valence-electron chi connectivity index (χ0n) is 13.5. The van der Waals surface area contributed by atoms with Gasteiger partial charge < -0.3 is 14.6 Å². The molecule has 1 saturated heterocycles. The summed E-state index contributed by atoms with van der Waals surface area (Å²) in [6.45, 7) is 8.71. The van der Waals surface area contributed by atoms with Crippen molar-refractivity contribution < 1.29 is 9.31 Å². The largest absolute Gasteiger partial charge is 0.491 e. The summed E-state index contributed by atoms with van der Waals surface area (Å²) >= 11 is 12.1. The number of nitrogens with one attached hydrogen (secondary N) is 1. The lowest BCUT2D eigenvalue weighted by atomic mass is 9.77. The van der Waals surface area contributed by atoms with E-state index in [1.165, 1.54) is 0 Å². The summed E-state index contributed by atoms with van der Waals surface area (Å²) < 4.78 is 12.2. The summed E-state index contributed by atoms with van der Waals surface area (Å²) in [6.07, 6.45) is 3.46. The fourth-order valence-electron chi connectivity index (χ4n) is 2.11. The van der Waals surface area contributed by atoms with Crippen LogP contribution in [-0.4, -0.2) is 36.9 Å². The Morgan fingerprint density at radius 2 is 1.86 bits per heavy atom. The van der Waals surface area contributed by atoms with Crippen molar-refractivity contribution >= 4 is 36.4 Å². The molecule has 0 spiro atoms. The maximum Gasteiger partial charge on any atom is 0.491 e. The van der Waals surface area contributed by atoms with Gasteiger partial charge in [-0.3, -0.25) is 4.98 Å². The summed E-state index contributed by atoms with van der Waals surface area (Å²) in [5.74, 6) is 0. The van der Waals surface area contributed by atoms with Crippen LogP contribution in [0.4, 0.5) is 0 Å². The Morgan fingerprint density at radius 1 is 1.27 bits per heavy atom. The maximum atomic E-state index is 6.20. The third kappa shape index (κ3) is 3.66. The van der Waals surface area contributed by atoms with Gasteiger partial charge in [0, 0.05) is 12.7 Å². The monoisotopic (exact) mass is 342 g/mol. The number of hydrogen-bond donors (Lipinski definition) is 1. The number of pyridine rings is 1. The Hall–Kier alpha value is -0.585. The van der Waals surface area contributed by atoms with Crippen molar-refractivity contribution in [3.63, 3.8) is 0 Å². The standard InChI is InChI=1S/C15H21BCl2N2O2/c1-14(2)15(3,4)22-16(21-14)10(8-19-5)6-13-12(18)7-11(17)9-20-13/h6-7,9,19H,8H2,1-5H3. The van der Waals surface area contributed by atoms with Crippen molar-refractivity contribution in [3.8, 4) is 0 Å². The lowest BCUT2D eigenvalue weighted by molar-refractivity contribution is 0.00578. The van der Waals surface area contributed by atoms with Gasteiger partial charge in [-0.1, -0.05) is 23.2 Å². The number of halogens is 2. The van der Waals surface area contributed by atoms with Crippen LogP contribution in [-0.2, 0) is 9.31 Å². The molecule has 2 rings (SSSR count). The van der Waals surface area contributed by atoms with E-state index in [4.69, 9.17) is 32.5 Å². The lowest BCUT2D eigenvalue weighted by Gasteiger charge is -2.32. The molecule has 1 aromatic rings. The van der Waals surface area contributed by atoms with Crippen LogP contribution in [0.25, 0.3) is 6.08 Å². The van der Waals surface area contributed by atoms with Crippen molar-refractivity contribution in [2.24, 2.45) is 0 Å². The van der Waals surface area contributed by atoms with E-state index in [9.17, 15) is 0 Å². The van der Waals surface area contributed by atoms with Gasteiger partial charge in [-0.15, -0.1) is 0 Å². The third-order valence-electron chi connectivity index (χ3n) is 4.10. The minimum absolute atomic E-state index is 0.387. The molecule has 0 unspecified atom stereocenters. The molecule has 1 aliphatic heterocycles. The minimum atomic E-state index is -0.439. The quantitative estimate of drug-likeness (QED) is 0.848. The highest BCUT2D eigenvalue weighted by Gasteiger charge is 2.52. The average molecular weight is 343 g/mol. The van der Waals surface area contributed by atoms with Crippen molar-refractivity contribution in [3.05, 3.63) is 33.5 Å². The first-order valence-electron chi connectivity index (χ1n) is 7.18. The molecule has 1 N–H and O–H groups in total. The smallest absolute Gasteiger partial charge is 0.400 e. The number of rotatable bonds is 4. The van der Waals surface area contributed by atoms with Gasteiger partial charge in [0.05, 0.1) is 26.9 Å². The first kappa shape index (κ1) is 17.8. The van der Waals surface area contributed by atoms with Crippen LogP contribution in [0.2, 0.25) is 10.0 Å². The SMILES string of the molecule is CNCC(=Cc1ncc(Cl)cc1Cl)B1OC(C)(C)C(C)(C)O1. The second-order valence-corrected chi connectivity index (χ2v) is 7.20. The fraction of sp³-hybridized carbons (Fsp3) is 0.533. The van der Waals surface area contributed by atoms with Crippen molar-refractivity contribution in [1.82, 2.24) is 10.3 Å². The molecule has 0 aromatic carbocycles. The van der Waals surface area contributed by atoms with Crippen molar-refractivity contribution in [1.29, 1.82) is 0 Å². The van der Waals surface area contributed by atoms with Gasteiger partial charge in [0.2, 0.25) is 0 Å². The van der Waals surface area contributed by atoms with Crippen molar-refractivity contribution in [2.45, 2.75) is 38.9 Å². The summed E-state index contributed by atoms with van der Waals surface area (Å²) in [5, 5.41) is 4.13. The predicted molar refractivity (Wildman–Crippen MR) is 92.2 cm³/mol. The zero-order chi connectivity index (χ0) is 16.5. The molecule has 0 aliphatic carbocycles. The average Bonchev–Trinajstić information content (AvgIpc) is 2.61. The topological polar surface area (TPSA) is 43.4 Å². The van der Waals surface area contributed by atoms with Gasteiger partial charge in [-0.05, 0) is 52.4 Å². The normalized spacial score (nSPS) is 20.5. The number of nitrogens with zero attached hydrogens (tertiary/aromatic N) is 1. The van der Waals surface area contributed by atoms with Crippen LogP contribution >= 0.6 is 23.2 Å². The van der Waals surface area contributed by atoms with Gasteiger partial charge in [0.25, 0.3) is 0 Å². The van der Waals surface area contributed by atoms with E-state index in [1.54, 1.807) is 12.3 Å². The Morgan fingerprint density at radius 3 is 2.36 bits per heavy atom. The molecule has 7 heteroatoms. The highest BCUT2D eigenvalue weighted by Crippen LogP contribution is 2.38. The van der Waals surface area contributed by atoms with Crippen LogP contribution in [0.1, 0.15) is 33.4 Å². The molecule has 2 heterocycles. The minimum Gasteiger partial charge on any atom is -0.400 e. The van der Waals surface area contributed by atoms with Crippen LogP contribution in [0.3, 0.4) is 0 Å². The fourth-order valence-corrected chi connectivity index (χ4v) is 2.54. The number of aromatic nitrogens is 1. The second kappa shape index (κ2) is 6.50. The van der Waals surface area contributed by atoms with Crippen LogP contribution in [0.15, 0.2) is 17.7 Å². The first-order valence-corrected chi connectivity index (χ1v) is 7.93. The van der Waals surface area contributed by atoms with E-state index >= 15 is 0 Å². The molecule has 22 heavy (non-hydrogen) atoms. The van der Waals surface area contributed by atoms with E-state index in [0.717, 1.165) is 5.47 Å². The highest BCUT2D eigenvalue weighted by atomic mass is 35.5. The molecule has 120 valence electrons. The molecule has 1 aromatic heterocycles. The van der Waals surface area contributed by atoms with Gasteiger partial charge >= 0.3 is 7.12 Å². The molecule has 1 aliphatic rings. The van der Waals surface area contributed by atoms with Gasteiger partial charge in [0.1, 0.15) is 0 Å². The molecule has 0 atom stereocenters. The molecule has 1 fully saturated rings. The number of hydrogen-bond acceptors (Lipinski definition) is 4. The molecule has 0 radical (unpaired) electrons. The highest BCUT2D eigenvalue weighted by molar-refractivity contribution is 6.56. The van der Waals surface area contributed by atoms with E-state index in [-0.39, 0.29) is 11.2 Å². The predicted octanol–water partition coefficient (Wildman–Crippen LogP) is 3.62. The van der Waals surface area contributed by atoms with E-state index < -0.39 is 7.12 Å². The Kier molecular flexibility index (Phi) is 5.25. The summed E-state index contributed by atoms with van der Waals surface area (Å²) in [6, 6.07) is 1.67. The molecule has 4 nitrogen and oxygen atoms in total. The Labute approximate surface area is 142 Å². The van der Waals surface area contributed by atoms with Gasteiger partial charge in [0.15, 0.2) is 0 Å². The van der Waals surface area contributed by atoms with Crippen LogP contribution in [0, 0.1) is 0 Å². The molecule has 0 bridgehead atoms. The Balaban J connectivity index is 2.33. The first-order chi connectivity index (χ1) is 10.2. The van der Waals surface area contributed by atoms with E-state index in [2.05, 4.69) is 10.3 Å². The second-order valence-electron chi connectivity index (χ2n) is 6.36. The van der Waals surface area contributed by atoms with Gasteiger partial charge in [-0.2, -0.15) is 0 Å².